The Balaban J connectivity index is 1.70. The van der Waals surface area contributed by atoms with Crippen LogP contribution in [0.1, 0.15) is 26.2 Å². The number of carbonyl (C=O) groups is 1. The van der Waals surface area contributed by atoms with E-state index < -0.39 is 0 Å². The fraction of sp³-hybridized carbons (Fsp3) is 0.933. The smallest absolute Gasteiger partial charge is 0.236 e. The summed E-state index contributed by atoms with van der Waals surface area (Å²) in [6.45, 7) is 9.62. The molecule has 0 saturated carbocycles. The molecule has 20 heavy (non-hydrogen) atoms. The molecular formula is C15H29N3O2. The SMILES string of the molecule is COCCN1CCN(CC(=O)N2CCCCC2C)CC1. The van der Waals surface area contributed by atoms with Crippen LogP contribution < -0.4 is 0 Å². The molecule has 2 heterocycles. The Morgan fingerprint density at radius 2 is 1.80 bits per heavy atom. The molecular weight excluding hydrogens is 254 g/mol. The number of nitrogens with zero attached hydrogens (tertiary/aromatic N) is 3. The predicted molar refractivity (Wildman–Crippen MR) is 79.8 cm³/mol. The van der Waals surface area contributed by atoms with E-state index in [-0.39, 0.29) is 0 Å². The third kappa shape index (κ3) is 4.43. The van der Waals surface area contributed by atoms with Crippen molar-refractivity contribution < 1.29 is 9.53 Å². The molecule has 0 radical (unpaired) electrons. The summed E-state index contributed by atoms with van der Waals surface area (Å²) in [5, 5.41) is 0. The Hall–Kier alpha value is -0.650. The molecule has 1 amide bonds. The van der Waals surface area contributed by atoms with E-state index in [1.54, 1.807) is 7.11 Å². The fourth-order valence-electron chi connectivity index (χ4n) is 3.14. The van der Waals surface area contributed by atoms with Crippen LogP contribution in [0.15, 0.2) is 0 Å². The van der Waals surface area contributed by atoms with Crippen molar-refractivity contribution in [3.63, 3.8) is 0 Å². The van der Waals surface area contributed by atoms with Crippen LogP contribution in [-0.4, -0.2) is 86.2 Å². The minimum Gasteiger partial charge on any atom is -0.383 e. The van der Waals surface area contributed by atoms with Crippen LogP contribution in [0.5, 0.6) is 0 Å². The van der Waals surface area contributed by atoms with E-state index >= 15 is 0 Å². The largest absolute Gasteiger partial charge is 0.383 e. The van der Waals surface area contributed by atoms with Crippen molar-refractivity contribution in [2.45, 2.75) is 32.2 Å². The quantitative estimate of drug-likeness (QED) is 0.742. The average molecular weight is 283 g/mol. The first-order valence-electron chi connectivity index (χ1n) is 7.94. The minimum atomic E-state index is 0.322. The molecule has 2 aliphatic rings. The van der Waals surface area contributed by atoms with Crippen molar-refractivity contribution in [3.8, 4) is 0 Å². The maximum Gasteiger partial charge on any atom is 0.236 e. The molecule has 0 N–H and O–H groups in total. The lowest BCUT2D eigenvalue weighted by Gasteiger charge is -2.38. The molecule has 1 atom stereocenters. The van der Waals surface area contributed by atoms with E-state index in [4.69, 9.17) is 4.74 Å². The highest BCUT2D eigenvalue weighted by molar-refractivity contribution is 5.78. The summed E-state index contributed by atoms with van der Waals surface area (Å²) in [7, 11) is 1.74. The summed E-state index contributed by atoms with van der Waals surface area (Å²) < 4.78 is 5.11. The number of methoxy groups -OCH3 is 1. The minimum absolute atomic E-state index is 0.322. The van der Waals surface area contributed by atoms with Crippen molar-refractivity contribution in [1.82, 2.24) is 14.7 Å². The van der Waals surface area contributed by atoms with Gasteiger partial charge in [-0.05, 0) is 26.2 Å². The number of likely N-dealkylation sites (tertiary alicyclic amines) is 1. The van der Waals surface area contributed by atoms with E-state index in [0.29, 0.717) is 18.5 Å². The van der Waals surface area contributed by atoms with Crippen molar-refractivity contribution in [2.75, 3.05) is 59.5 Å². The van der Waals surface area contributed by atoms with Gasteiger partial charge >= 0.3 is 0 Å². The van der Waals surface area contributed by atoms with E-state index in [2.05, 4.69) is 21.6 Å². The number of piperazine rings is 1. The van der Waals surface area contributed by atoms with Crippen molar-refractivity contribution in [3.05, 3.63) is 0 Å². The molecule has 0 aromatic heterocycles. The van der Waals surface area contributed by atoms with E-state index in [0.717, 1.165) is 52.3 Å². The van der Waals surface area contributed by atoms with Crippen LogP contribution in [0.25, 0.3) is 0 Å². The maximum atomic E-state index is 12.4. The Morgan fingerprint density at radius 1 is 1.10 bits per heavy atom. The predicted octanol–water partition coefficient (Wildman–Crippen LogP) is 0.651. The van der Waals surface area contributed by atoms with Crippen molar-refractivity contribution >= 4 is 5.91 Å². The van der Waals surface area contributed by atoms with Gasteiger partial charge in [0.25, 0.3) is 0 Å². The number of ether oxygens (including phenoxy) is 1. The van der Waals surface area contributed by atoms with Gasteiger partial charge in [0.15, 0.2) is 0 Å². The molecule has 2 saturated heterocycles. The summed E-state index contributed by atoms with van der Waals surface area (Å²) in [6, 6.07) is 0.430. The first-order chi connectivity index (χ1) is 9.70. The maximum absolute atomic E-state index is 12.4. The van der Waals surface area contributed by atoms with Gasteiger partial charge in [0, 0.05) is 52.4 Å². The molecule has 5 heteroatoms. The van der Waals surface area contributed by atoms with Gasteiger partial charge < -0.3 is 9.64 Å². The van der Waals surface area contributed by atoms with Crippen molar-refractivity contribution in [1.29, 1.82) is 0 Å². The number of amides is 1. The van der Waals surface area contributed by atoms with Crippen LogP contribution in [-0.2, 0) is 9.53 Å². The second-order valence-electron chi connectivity index (χ2n) is 6.04. The molecule has 2 aliphatic heterocycles. The van der Waals surface area contributed by atoms with Gasteiger partial charge in [-0.15, -0.1) is 0 Å². The molecule has 0 aromatic carbocycles. The van der Waals surface area contributed by atoms with Gasteiger partial charge in [-0.2, -0.15) is 0 Å². The first-order valence-corrected chi connectivity index (χ1v) is 7.94. The van der Waals surface area contributed by atoms with Gasteiger partial charge in [-0.25, -0.2) is 0 Å². The van der Waals surface area contributed by atoms with Crippen LogP contribution in [0.4, 0.5) is 0 Å². The molecule has 0 spiro atoms. The molecule has 2 rings (SSSR count). The second kappa shape index (κ2) is 7.96. The topological polar surface area (TPSA) is 36.0 Å². The van der Waals surface area contributed by atoms with Crippen LogP contribution in [0.3, 0.4) is 0 Å². The zero-order valence-corrected chi connectivity index (χ0v) is 13.0. The van der Waals surface area contributed by atoms with Crippen molar-refractivity contribution in [2.24, 2.45) is 0 Å². The van der Waals surface area contributed by atoms with E-state index in [1.807, 2.05) is 0 Å². The average Bonchev–Trinajstić information content (AvgIpc) is 2.47. The standard InChI is InChI=1S/C15H29N3O2/c1-14-5-3-4-6-18(14)15(19)13-17-9-7-16(8-10-17)11-12-20-2/h14H,3-13H2,1-2H3. The number of rotatable bonds is 5. The Kier molecular flexibility index (Phi) is 6.26. The van der Waals surface area contributed by atoms with E-state index in [1.165, 1.54) is 12.8 Å². The summed E-state index contributed by atoms with van der Waals surface area (Å²) in [6.07, 6.45) is 3.60. The highest BCUT2D eigenvalue weighted by Crippen LogP contribution is 2.16. The summed E-state index contributed by atoms with van der Waals surface area (Å²) >= 11 is 0. The number of hydrogen-bond donors (Lipinski definition) is 0. The second-order valence-corrected chi connectivity index (χ2v) is 6.04. The van der Waals surface area contributed by atoms with Gasteiger partial charge in [0.2, 0.25) is 5.91 Å². The molecule has 0 bridgehead atoms. The van der Waals surface area contributed by atoms with Gasteiger partial charge in [0.1, 0.15) is 0 Å². The normalized spacial score (nSPS) is 25.9. The third-order valence-electron chi connectivity index (χ3n) is 4.56. The Labute approximate surface area is 122 Å². The summed E-state index contributed by atoms with van der Waals surface area (Å²) in [5.74, 6) is 0.322. The lowest BCUT2D eigenvalue weighted by Crippen LogP contribution is -2.52. The summed E-state index contributed by atoms with van der Waals surface area (Å²) in [5.41, 5.74) is 0. The number of hydrogen-bond acceptors (Lipinski definition) is 4. The van der Waals surface area contributed by atoms with Crippen LogP contribution >= 0.6 is 0 Å². The molecule has 0 aromatic rings. The molecule has 1 unspecified atom stereocenters. The highest BCUT2D eigenvalue weighted by Gasteiger charge is 2.26. The van der Waals surface area contributed by atoms with Gasteiger partial charge in [0.05, 0.1) is 13.2 Å². The zero-order valence-electron chi connectivity index (χ0n) is 13.0. The highest BCUT2D eigenvalue weighted by atomic mass is 16.5. The monoisotopic (exact) mass is 283 g/mol. The fourth-order valence-corrected chi connectivity index (χ4v) is 3.14. The van der Waals surface area contributed by atoms with E-state index in [9.17, 15) is 4.79 Å². The van der Waals surface area contributed by atoms with Gasteiger partial charge in [-0.1, -0.05) is 0 Å². The third-order valence-corrected chi connectivity index (χ3v) is 4.56. The lowest BCUT2D eigenvalue weighted by molar-refractivity contribution is -0.136. The summed E-state index contributed by atoms with van der Waals surface area (Å²) in [4.78, 5) is 19.2. The Bertz CT molecular complexity index is 303. The molecule has 0 aliphatic carbocycles. The number of carbonyl (C=O) groups excluding carboxylic acids is 1. The lowest BCUT2D eigenvalue weighted by atomic mass is 10.0. The molecule has 5 nitrogen and oxygen atoms in total. The molecule has 116 valence electrons. The Morgan fingerprint density at radius 3 is 2.45 bits per heavy atom. The first kappa shape index (κ1) is 15.7. The zero-order chi connectivity index (χ0) is 14.4. The van der Waals surface area contributed by atoms with Gasteiger partial charge in [-0.3, -0.25) is 14.6 Å². The molecule has 2 fully saturated rings. The van der Waals surface area contributed by atoms with Crippen LogP contribution in [0.2, 0.25) is 0 Å². The van der Waals surface area contributed by atoms with Crippen LogP contribution in [0, 0.1) is 0 Å². The number of piperidine rings is 1.